The minimum Gasteiger partial charge on any atom is -0.295 e. The molecule has 2 unspecified atom stereocenters. The summed E-state index contributed by atoms with van der Waals surface area (Å²) >= 11 is 3.24. The molecule has 0 aromatic heterocycles. The van der Waals surface area contributed by atoms with Crippen LogP contribution in [0.4, 0.5) is 0 Å². The van der Waals surface area contributed by atoms with Gasteiger partial charge in [-0.3, -0.25) is 14.9 Å². The van der Waals surface area contributed by atoms with E-state index in [4.69, 9.17) is 0 Å². The summed E-state index contributed by atoms with van der Waals surface area (Å²) in [4.78, 5) is 22.4. The molecule has 2 atom stereocenters. The van der Waals surface area contributed by atoms with Crippen LogP contribution in [-0.2, 0) is 9.59 Å². The SMILES string of the molecule is Cc1cccc(C2C(=O)NC(=O)C2Br)c1. The molecule has 1 saturated heterocycles. The zero-order valence-corrected chi connectivity index (χ0v) is 9.74. The lowest BCUT2D eigenvalue weighted by Gasteiger charge is -2.10. The predicted molar refractivity (Wildman–Crippen MR) is 59.8 cm³/mol. The van der Waals surface area contributed by atoms with Crippen LogP contribution in [-0.4, -0.2) is 16.6 Å². The van der Waals surface area contributed by atoms with Gasteiger partial charge in [0.25, 0.3) is 0 Å². The van der Waals surface area contributed by atoms with E-state index < -0.39 is 10.7 Å². The minimum atomic E-state index is -0.452. The molecule has 1 aromatic carbocycles. The van der Waals surface area contributed by atoms with E-state index in [2.05, 4.69) is 21.2 Å². The van der Waals surface area contributed by atoms with Crippen molar-refractivity contribution < 1.29 is 9.59 Å². The maximum absolute atomic E-state index is 11.5. The molecule has 4 heteroatoms. The number of amides is 2. The predicted octanol–water partition coefficient (Wildman–Crippen LogP) is 1.50. The highest BCUT2D eigenvalue weighted by Crippen LogP contribution is 2.30. The Hall–Kier alpha value is -1.16. The third-order valence-corrected chi connectivity index (χ3v) is 3.42. The monoisotopic (exact) mass is 267 g/mol. The number of carbonyl (C=O) groups is 2. The van der Waals surface area contributed by atoms with Crippen molar-refractivity contribution >= 4 is 27.7 Å². The number of nitrogens with one attached hydrogen (secondary N) is 1. The van der Waals surface area contributed by atoms with E-state index in [0.717, 1.165) is 11.1 Å². The Morgan fingerprint density at radius 1 is 1.27 bits per heavy atom. The second-order valence-corrected chi connectivity index (χ2v) is 4.63. The van der Waals surface area contributed by atoms with E-state index in [0.29, 0.717) is 0 Å². The van der Waals surface area contributed by atoms with E-state index in [1.165, 1.54) is 0 Å². The van der Waals surface area contributed by atoms with Crippen molar-refractivity contribution in [3.05, 3.63) is 35.4 Å². The molecule has 1 aliphatic heterocycles. The van der Waals surface area contributed by atoms with Crippen LogP contribution in [0.5, 0.6) is 0 Å². The molecule has 1 aliphatic rings. The van der Waals surface area contributed by atoms with Crippen molar-refractivity contribution in [2.45, 2.75) is 17.7 Å². The van der Waals surface area contributed by atoms with Crippen molar-refractivity contribution in [2.75, 3.05) is 0 Å². The summed E-state index contributed by atoms with van der Waals surface area (Å²) in [7, 11) is 0. The smallest absolute Gasteiger partial charge is 0.241 e. The van der Waals surface area contributed by atoms with Crippen LogP contribution >= 0.6 is 15.9 Å². The van der Waals surface area contributed by atoms with E-state index in [1.54, 1.807) is 0 Å². The number of halogens is 1. The summed E-state index contributed by atoms with van der Waals surface area (Å²) in [5.74, 6) is -0.892. The van der Waals surface area contributed by atoms with E-state index in [1.807, 2.05) is 31.2 Å². The largest absolute Gasteiger partial charge is 0.295 e. The van der Waals surface area contributed by atoms with Gasteiger partial charge in [-0.2, -0.15) is 0 Å². The average molecular weight is 268 g/mol. The van der Waals surface area contributed by atoms with Crippen LogP contribution in [0.2, 0.25) is 0 Å². The summed E-state index contributed by atoms with van der Waals surface area (Å²) in [5, 5.41) is 2.31. The zero-order valence-electron chi connectivity index (χ0n) is 8.16. The minimum absolute atomic E-state index is 0.229. The van der Waals surface area contributed by atoms with Gasteiger partial charge in [-0.25, -0.2) is 0 Å². The standard InChI is InChI=1S/C11H10BrNO2/c1-6-3-2-4-7(5-6)8-9(12)11(15)13-10(8)14/h2-5,8-9H,1H3,(H,13,14,15). The van der Waals surface area contributed by atoms with Gasteiger partial charge < -0.3 is 0 Å². The Morgan fingerprint density at radius 3 is 2.53 bits per heavy atom. The third kappa shape index (κ3) is 1.81. The molecule has 1 aromatic rings. The Morgan fingerprint density at radius 2 is 2.00 bits per heavy atom. The van der Waals surface area contributed by atoms with Crippen LogP contribution in [0.1, 0.15) is 17.0 Å². The first-order valence-corrected chi connectivity index (χ1v) is 5.56. The molecule has 15 heavy (non-hydrogen) atoms. The van der Waals surface area contributed by atoms with Gasteiger partial charge in [0.05, 0.1) is 5.92 Å². The molecule has 3 nitrogen and oxygen atoms in total. The Balaban J connectivity index is 2.39. The van der Waals surface area contributed by atoms with Gasteiger partial charge in [0.15, 0.2) is 0 Å². The van der Waals surface area contributed by atoms with Gasteiger partial charge >= 0.3 is 0 Å². The van der Waals surface area contributed by atoms with Crippen LogP contribution in [0.15, 0.2) is 24.3 Å². The Labute approximate surface area is 96.0 Å². The molecule has 2 amide bonds. The molecular formula is C11H10BrNO2. The lowest BCUT2D eigenvalue weighted by Crippen LogP contribution is -2.22. The number of alkyl halides is 1. The Bertz CT molecular complexity index is 430. The Kier molecular flexibility index (Phi) is 2.61. The molecule has 0 radical (unpaired) electrons. The van der Waals surface area contributed by atoms with Crippen molar-refractivity contribution in [1.29, 1.82) is 0 Å². The highest BCUT2D eigenvalue weighted by molar-refractivity contribution is 9.10. The summed E-state index contributed by atoms with van der Waals surface area (Å²) < 4.78 is 0. The number of rotatable bonds is 1. The normalized spacial score (nSPS) is 25.5. The van der Waals surface area contributed by atoms with Gasteiger partial charge in [-0.1, -0.05) is 45.8 Å². The van der Waals surface area contributed by atoms with E-state index >= 15 is 0 Å². The molecule has 0 spiro atoms. The quantitative estimate of drug-likeness (QED) is 0.619. The summed E-state index contributed by atoms with van der Waals surface area (Å²) in [6.45, 7) is 1.96. The first kappa shape index (κ1) is 10.4. The first-order chi connectivity index (χ1) is 7.09. The van der Waals surface area contributed by atoms with Crippen molar-refractivity contribution in [1.82, 2.24) is 5.32 Å². The van der Waals surface area contributed by atoms with Crippen LogP contribution in [0.25, 0.3) is 0 Å². The van der Waals surface area contributed by atoms with E-state index in [9.17, 15) is 9.59 Å². The highest BCUT2D eigenvalue weighted by atomic mass is 79.9. The maximum Gasteiger partial charge on any atom is 0.241 e. The first-order valence-electron chi connectivity index (χ1n) is 4.65. The van der Waals surface area contributed by atoms with Crippen molar-refractivity contribution in [3.63, 3.8) is 0 Å². The van der Waals surface area contributed by atoms with Gasteiger partial charge in [-0.15, -0.1) is 0 Å². The zero-order chi connectivity index (χ0) is 11.0. The van der Waals surface area contributed by atoms with Crippen LogP contribution < -0.4 is 5.32 Å². The fraction of sp³-hybridized carbons (Fsp3) is 0.273. The van der Waals surface area contributed by atoms with Gasteiger partial charge in [0.2, 0.25) is 11.8 Å². The number of hydrogen-bond donors (Lipinski definition) is 1. The molecular weight excluding hydrogens is 258 g/mol. The van der Waals surface area contributed by atoms with Gasteiger partial charge in [0, 0.05) is 0 Å². The maximum atomic E-state index is 11.5. The number of aryl methyl sites for hydroxylation is 1. The number of carbonyl (C=O) groups excluding carboxylic acids is 2. The molecule has 0 saturated carbocycles. The number of imide groups is 1. The lowest BCUT2D eigenvalue weighted by atomic mass is 9.96. The van der Waals surface area contributed by atoms with Crippen molar-refractivity contribution in [2.24, 2.45) is 0 Å². The molecule has 0 aliphatic carbocycles. The molecule has 1 N–H and O–H groups in total. The summed E-state index contributed by atoms with van der Waals surface area (Å²) in [5.41, 5.74) is 1.96. The van der Waals surface area contributed by atoms with Crippen LogP contribution in [0, 0.1) is 6.92 Å². The second kappa shape index (κ2) is 3.77. The van der Waals surface area contributed by atoms with Gasteiger partial charge in [-0.05, 0) is 12.5 Å². The third-order valence-electron chi connectivity index (χ3n) is 2.47. The van der Waals surface area contributed by atoms with Crippen LogP contribution in [0.3, 0.4) is 0 Å². The molecule has 1 fully saturated rings. The second-order valence-electron chi connectivity index (χ2n) is 3.65. The van der Waals surface area contributed by atoms with Gasteiger partial charge in [0.1, 0.15) is 4.83 Å². The molecule has 2 rings (SSSR count). The average Bonchev–Trinajstić information content (AvgIpc) is 2.41. The van der Waals surface area contributed by atoms with Crippen molar-refractivity contribution in [3.8, 4) is 0 Å². The number of hydrogen-bond acceptors (Lipinski definition) is 2. The summed E-state index contributed by atoms with van der Waals surface area (Å²) in [6.07, 6.45) is 0. The molecule has 0 bridgehead atoms. The fourth-order valence-electron chi connectivity index (χ4n) is 1.74. The fourth-order valence-corrected chi connectivity index (χ4v) is 2.40. The highest BCUT2D eigenvalue weighted by Gasteiger charge is 2.40. The van der Waals surface area contributed by atoms with E-state index in [-0.39, 0.29) is 11.8 Å². The molecule has 1 heterocycles. The molecule has 78 valence electrons. The summed E-state index contributed by atoms with van der Waals surface area (Å²) in [6, 6.07) is 7.64. The number of benzene rings is 1. The topological polar surface area (TPSA) is 46.2 Å². The lowest BCUT2D eigenvalue weighted by molar-refractivity contribution is -0.125.